The Kier molecular flexibility index (Phi) is 5.02. The molecule has 0 heterocycles. The summed E-state index contributed by atoms with van der Waals surface area (Å²) >= 11 is 0. The van der Waals surface area contributed by atoms with Crippen molar-refractivity contribution in [1.82, 2.24) is 5.32 Å². The first kappa shape index (κ1) is 9.49. The van der Waals surface area contributed by atoms with Crippen molar-refractivity contribution in [2.75, 3.05) is 18.6 Å². The van der Waals surface area contributed by atoms with Crippen LogP contribution in [0.5, 0.6) is 0 Å². The minimum atomic E-state index is -0.629. The van der Waals surface area contributed by atoms with E-state index in [0.717, 1.165) is 5.75 Å². The van der Waals surface area contributed by atoms with Crippen LogP contribution in [-0.2, 0) is 9.59 Å². The lowest BCUT2D eigenvalue weighted by molar-refractivity contribution is -0.118. The molecule has 1 N–H and O–H groups in total. The van der Waals surface area contributed by atoms with Crippen molar-refractivity contribution in [2.24, 2.45) is 0 Å². The lowest BCUT2D eigenvalue weighted by atomic mass is 10.6. The fourth-order valence-corrected chi connectivity index (χ4v) is 0.984. The molecule has 0 aromatic rings. The highest BCUT2D eigenvalue weighted by atomic mass is 32.2. The van der Waals surface area contributed by atoms with Crippen LogP contribution in [0, 0.1) is 0 Å². The van der Waals surface area contributed by atoms with Crippen molar-refractivity contribution in [2.45, 2.75) is 6.92 Å². The molecule has 0 aliphatic rings. The lowest BCUT2D eigenvalue weighted by Crippen LogP contribution is -2.23. The molecule has 0 aliphatic heterocycles. The second-order valence-electron chi connectivity index (χ2n) is 2.00. The summed E-state index contributed by atoms with van der Waals surface area (Å²) in [4.78, 5) is 20.3. The second kappa shape index (κ2) is 5.29. The summed E-state index contributed by atoms with van der Waals surface area (Å²) in [6.45, 7) is 2.05. The standard InChI is InChI=1S/C6H12NO2S/c1-6(9)7-3-4-10(2)5-8/h10H,3-4H2,1-2H3,(H,7,9). The minimum Gasteiger partial charge on any atom is -0.356 e. The van der Waals surface area contributed by atoms with Gasteiger partial charge in [0, 0.05) is 13.5 Å². The molecule has 0 saturated carbocycles. The number of amides is 1. The molecule has 0 rings (SSSR count). The molecule has 0 saturated heterocycles. The van der Waals surface area contributed by atoms with Crippen LogP contribution in [0.2, 0.25) is 0 Å². The number of carbonyl (C=O) groups is 1. The third-order valence-corrected chi connectivity index (χ3v) is 2.18. The largest absolute Gasteiger partial charge is 0.356 e. The van der Waals surface area contributed by atoms with E-state index in [1.807, 2.05) is 11.9 Å². The number of thiol groups is 1. The first-order valence-corrected chi connectivity index (χ1v) is 4.97. The molecule has 1 amide bonds. The Morgan fingerprint density at radius 3 is 2.70 bits per heavy atom. The van der Waals surface area contributed by atoms with Crippen molar-refractivity contribution in [3.63, 3.8) is 0 Å². The molecule has 0 fully saturated rings. The van der Waals surface area contributed by atoms with Gasteiger partial charge in [0.25, 0.3) is 0 Å². The van der Waals surface area contributed by atoms with Crippen LogP contribution >= 0.6 is 10.9 Å². The van der Waals surface area contributed by atoms with Gasteiger partial charge in [0.15, 0.2) is 0 Å². The maximum atomic E-state index is 10.3. The monoisotopic (exact) mass is 162 g/mol. The van der Waals surface area contributed by atoms with E-state index in [9.17, 15) is 9.59 Å². The molecule has 1 atom stereocenters. The van der Waals surface area contributed by atoms with Gasteiger partial charge in [0.2, 0.25) is 11.5 Å². The van der Waals surface area contributed by atoms with Gasteiger partial charge in [0.05, 0.1) is 0 Å². The van der Waals surface area contributed by atoms with Crippen molar-refractivity contribution < 1.29 is 9.59 Å². The molecule has 0 aromatic heterocycles. The van der Waals surface area contributed by atoms with E-state index in [-0.39, 0.29) is 5.91 Å². The normalized spacial score (nSPS) is 14.0. The maximum absolute atomic E-state index is 10.3. The van der Waals surface area contributed by atoms with E-state index >= 15 is 0 Å². The minimum absolute atomic E-state index is 0.0469. The van der Waals surface area contributed by atoms with E-state index in [0.29, 0.717) is 6.54 Å². The molecular formula is C6H12NO2S. The summed E-state index contributed by atoms with van der Waals surface area (Å²) in [5.41, 5.74) is 1.90. The fraction of sp³-hybridized carbons (Fsp3) is 0.667. The van der Waals surface area contributed by atoms with Crippen LogP contribution in [0.25, 0.3) is 0 Å². The third-order valence-electron chi connectivity index (χ3n) is 0.977. The van der Waals surface area contributed by atoms with Crippen LogP contribution in [0.3, 0.4) is 0 Å². The average molecular weight is 162 g/mol. The molecule has 59 valence electrons. The Morgan fingerprint density at radius 2 is 2.30 bits per heavy atom. The molecule has 0 bridgehead atoms. The van der Waals surface area contributed by atoms with Gasteiger partial charge in [-0.1, -0.05) is 0 Å². The SMILES string of the molecule is CC(=O)NCC[SH](C)[C]=O. The quantitative estimate of drug-likeness (QED) is 0.563. The fourth-order valence-electron chi connectivity index (χ4n) is 0.445. The maximum Gasteiger partial charge on any atom is 0.244 e. The van der Waals surface area contributed by atoms with E-state index in [1.165, 1.54) is 6.92 Å². The van der Waals surface area contributed by atoms with E-state index in [4.69, 9.17) is 0 Å². The van der Waals surface area contributed by atoms with Crippen molar-refractivity contribution >= 4 is 22.4 Å². The van der Waals surface area contributed by atoms with Gasteiger partial charge >= 0.3 is 0 Å². The average Bonchev–Trinajstić information content (AvgIpc) is 1.87. The van der Waals surface area contributed by atoms with Crippen LogP contribution in [0.4, 0.5) is 0 Å². The molecular weight excluding hydrogens is 150 g/mol. The molecule has 1 radical (unpaired) electrons. The smallest absolute Gasteiger partial charge is 0.244 e. The zero-order valence-electron chi connectivity index (χ0n) is 6.18. The number of carbonyl (C=O) groups excluding carboxylic acids is 2. The number of hydrogen-bond acceptors (Lipinski definition) is 2. The van der Waals surface area contributed by atoms with Gasteiger partial charge < -0.3 is 5.32 Å². The van der Waals surface area contributed by atoms with Gasteiger partial charge in [-0.25, -0.2) is 0 Å². The predicted molar refractivity (Wildman–Crippen MR) is 44.2 cm³/mol. The van der Waals surface area contributed by atoms with Gasteiger partial charge in [-0.15, -0.1) is 0 Å². The second-order valence-corrected chi connectivity index (χ2v) is 4.02. The first-order chi connectivity index (χ1) is 4.66. The highest BCUT2D eigenvalue weighted by Crippen LogP contribution is 2.11. The highest BCUT2D eigenvalue weighted by molar-refractivity contribution is 8.27. The third kappa shape index (κ3) is 5.62. The van der Waals surface area contributed by atoms with E-state index in [1.54, 1.807) is 0 Å². The van der Waals surface area contributed by atoms with Crippen molar-refractivity contribution in [1.29, 1.82) is 0 Å². The predicted octanol–water partition coefficient (Wildman–Crippen LogP) is -0.179. The summed E-state index contributed by atoms with van der Waals surface area (Å²) in [6.07, 6.45) is 1.84. The Bertz CT molecular complexity index is 127. The van der Waals surface area contributed by atoms with Crippen molar-refractivity contribution in [3.8, 4) is 0 Å². The summed E-state index contributed by atoms with van der Waals surface area (Å²) in [5.74, 6) is 0.688. The zero-order chi connectivity index (χ0) is 7.98. The number of rotatable bonds is 4. The van der Waals surface area contributed by atoms with Crippen LogP contribution in [0.15, 0.2) is 0 Å². The zero-order valence-corrected chi connectivity index (χ0v) is 7.07. The molecule has 4 heteroatoms. The Labute approximate surface area is 63.5 Å². The van der Waals surface area contributed by atoms with Crippen molar-refractivity contribution in [3.05, 3.63) is 0 Å². The van der Waals surface area contributed by atoms with Gasteiger partial charge in [-0.3, -0.25) is 9.59 Å². The Balaban J connectivity index is 3.19. The lowest BCUT2D eigenvalue weighted by Gasteiger charge is -2.05. The topological polar surface area (TPSA) is 46.2 Å². The van der Waals surface area contributed by atoms with Crippen LogP contribution in [0.1, 0.15) is 6.92 Å². The molecule has 0 spiro atoms. The van der Waals surface area contributed by atoms with E-state index in [2.05, 4.69) is 5.32 Å². The molecule has 1 unspecified atom stereocenters. The Hall–Kier alpha value is -0.510. The van der Waals surface area contributed by atoms with Gasteiger partial charge in [-0.2, -0.15) is 10.9 Å². The van der Waals surface area contributed by atoms with Gasteiger partial charge in [-0.05, 0) is 12.0 Å². The summed E-state index contributed by atoms with van der Waals surface area (Å²) in [7, 11) is -0.629. The van der Waals surface area contributed by atoms with Crippen LogP contribution < -0.4 is 5.32 Å². The van der Waals surface area contributed by atoms with Crippen LogP contribution in [-0.4, -0.2) is 30.1 Å². The number of nitrogens with one attached hydrogen (secondary N) is 1. The molecule has 3 nitrogen and oxygen atoms in total. The Morgan fingerprint density at radius 1 is 1.70 bits per heavy atom. The highest BCUT2D eigenvalue weighted by Gasteiger charge is 1.95. The summed E-state index contributed by atoms with van der Waals surface area (Å²) in [5, 5.41) is 2.61. The molecule has 0 aromatic carbocycles. The first-order valence-electron chi connectivity index (χ1n) is 3.00. The molecule has 10 heavy (non-hydrogen) atoms. The number of hydrogen-bond donors (Lipinski definition) is 2. The van der Waals surface area contributed by atoms with E-state index < -0.39 is 10.9 Å². The summed E-state index contributed by atoms with van der Waals surface area (Å²) < 4.78 is 0. The molecule has 0 aliphatic carbocycles. The summed E-state index contributed by atoms with van der Waals surface area (Å²) in [6, 6.07) is 0. The van der Waals surface area contributed by atoms with Gasteiger partial charge in [0.1, 0.15) is 0 Å².